The number of carbonyl (C=O) groups is 2. The van der Waals surface area contributed by atoms with Crippen molar-refractivity contribution < 1.29 is 9.59 Å². The van der Waals surface area contributed by atoms with Crippen molar-refractivity contribution >= 4 is 11.8 Å². The Kier molecular flexibility index (Phi) is 6.24. The van der Waals surface area contributed by atoms with Gasteiger partial charge in [-0.2, -0.15) is 0 Å². The molecule has 1 saturated heterocycles. The second kappa shape index (κ2) is 8.82. The lowest BCUT2D eigenvalue weighted by atomic mass is 10.0. The van der Waals surface area contributed by atoms with Crippen molar-refractivity contribution in [3.05, 3.63) is 60.2 Å². The Bertz CT molecular complexity index is 774. The van der Waals surface area contributed by atoms with E-state index in [4.69, 9.17) is 0 Å². The van der Waals surface area contributed by atoms with Gasteiger partial charge in [0.1, 0.15) is 0 Å². The van der Waals surface area contributed by atoms with Crippen LogP contribution in [0.3, 0.4) is 0 Å². The van der Waals surface area contributed by atoms with Gasteiger partial charge in [0.2, 0.25) is 11.8 Å². The first-order chi connectivity index (χ1) is 13.1. The molecule has 0 aliphatic carbocycles. The minimum Gasteiger partial charge on any atom is -0.353 e. The summed E-state index contributed by atoms with van der Waals surface area (Å²) in [5.74, 6) is -0.0519. The number of hydrogen-bond donors (Lipinski definition) is 1. The second-order valence-corrected chi connectivity index (χ2v) is 6.95. The topological polar surface area (TPSA) is 52.7 Å². The Morgan fingerprint density at radius 3 is 2.44 bits per heavy atom. The van der Waals surface area contributed by atoms with Crippen LogP contribution in [0.4, 0.5) is 0 Å². The van der Waals surface area contributed by atoms with E-state index >= 15 is 0 Å². The monoisotopic (exact) mass is 365 g/mol. The van der Waals surface area contributed by atoms with Crippen LogP contribution in [0.2, 0.25) is 0 Å². The zero-order chi connectivity index (χ0) is 19.2. The van der Waals surface area contributed by atoms with Crippen molar-refractivity contribution in [2.24, 2.45) is 0 Å². The fourth-order valence-electron chi connectivity index (χ4n) is 3.34. The number of carbonyl (C=O) groups excluding carboxylic acids is 2. The van der Waals surface area contributed by atoms with Gasteiger partial charge in [-0.15, -0.1) is 0 Å². The van der Waals surface area contributed by atoms with Gasteiger partial charge < -0.3 is 10.2 Å². The van der Waals surface area contributed by atoms with Crippen molar-refractivity contribution in [2.45, 2.75) is 25.9 Å². The molecule has 3 rings (SSSR count). The first kappa shape index (κ1) is 19.1. The molecule has 1 aliphatic heterocycles. The van der Waals surface area contributed by atoms with Crippen LogP contribution >= 0.6 is 0 Å². The molecule has 2 aromatic carbocycles. The van der Waals surface area contributed by atoms with Crippen LogP contribution in [0.5, 0.6) is 0 Å². The van der Waals surface area contributed by atoms with Crippen LogP contribution in [-0.2, 0) is 16.1 Å². The van der Waals surface area contributed by atoms with E-state index in [0.717, 1.165) is 12.1 Å². The van der Waals surface area contributed by atoms with E-state index in [2.05, 4.69) is 46.6 Å². The van der Waals surface area contributed by atoms with E-state index in [9.17, 15) is 9.59 Å². The number of benzene rings is 2. The maximum atomic E-state index is 12.4. The third-order valence-corrected chi connectivity index (χ3v) is 5.16. The SMILES string of the molecule is CCN(C)C(=O)C[C@H]1C(=O)NCCN1Cc1ccc(-c2ccccc2)cc1. The Hall–Kier alpha value is -2.66. The molecule has 2 aromatic rings. The summed E-state index contributed by atoms with van der Waals surface area (Å²) in [6, 6.07) is 18.3. The van der Waals surface area contributed by atoms with Gasteiger partial charge in [-0.1, -0.05) is 54.6 Å². The molecule has 1 heterocycles. The Morgan fingerprint density at radius 2 is 1.78 bits per heavy atom. The summed E-state index contributed by atoms with van der Waals surface area (Å²) in [5.41, 5.74) is 3.50. The molecule has 0 spiro atoms. The van der Waals surface area contributed by atoms with E-state index in [1.165, 1.54) is 11.1 Å². The van der Waals surface area contributed by atoms with Gasteiger partial charge in [0.15, 0.2) is 0 Å². The molecule has 5 heteroatoms. The zero-order valence-electron chi connectivity index (χ0n) is 16.0. The molecule has 5 nitrogen and oxygen atoms in total. The number of rotatable bonds is 6. The van der Waals surface area contributed by atoms with Gasteiger partial charge in [0, 0.05) is 33.2 Å². The van der Waals surface area contributed by atoms with E-state index in [-0.39, 0.29) is 18.2 Å². The summed E-state index contributed by atoms with van der Waals surface area (Å²) in [5, 5.41) is 2.89. The quantitative estimate of drug-likeness (QED) is 0.856. The van der Waals surface area contributed by atoms with E-state index in [0.29, 0.717) is 19.6 Å². The predicted molar refractivity (Wildman–Crippen MR) is 107 cm³/mol. The molecule has 0 saturated carbocycles. The summed E-state index contributed by atoms with van der Waals surface area (Å²) in [6.45, 7) is 4.62. The van der Waals surface area contributed by atoms with Crippen LogP contribution in [0.25, 0.3) is 11.1 Å². The average molecular weight is 365 g/mol. The minimum absolute atomic E-state index is 0.00368. The molecule has 1 atom stereocenters. The summed E-state index contributed by atoms with van der Waals surface area (Å²) < 4.78 is 0. The fraction of sp³-hybridized carbons (Fsp3) is 0.364. The molecular formula is C22H27N3O2. The summed E-state index contributed by atoms with van der Waals surface area (Å²) in [6.07, 6.45) is 0.221. The second-order valence-electron chi connectivity index (χ2n) is 6.95. The van der Waals surface area contributed by atoms with Gasteiger partial charge in [0.05, 0.1) is 12.5 Å². The maximum absolute atomic E-state index is 12.4. The number of hydrogen-bond acceptors (Lipinski definition) is 3. The number of nitrogens with one attached hydrogen (secondary N) is 1. The van der Waals surface area contributed by atoms with E-state index in [1.54, 1.807) is 11.9 Å². The van der Waals surface area contributed by atoms with Gasteiger partial charge in [-0.05, 0) is 23.6 Å². The van der Waals surface area contributed by atoms with Gasteiger partial charge in [-0.3, -0.25) is 14.5 Å². The molecule has 0 unspecified atom stereocenters. The lowest BCUT2D eigenvalue weighted by Gasteiger charge is -2.35. The van der Waals surface area contributed by atoms with E-state index < -0.39 is 6.04 Å². The molecule has 1 fully saturated rings. The summed E-state index contributed by atoms with van der Waals surface area (Å²) in [7, 11) is 1.77. The minimum atomic E-state index is -0.408. The Labute approximate surface area is 161 Å². The molecule has 0 bridgehead atoms. The van der Waals surface area contributed by atoms with Gasteiger partial charge in [-0.25, -0.2) is 0 Å². The maximum Gasteiger partial charge on any atom is 0.237 e. The lowest BCUT2D eigenvalue weighted by Crippen LogP contribution is -2.56. The number of nitrogens with zero attached hydrogens (tertiary/aromatic N) is 2. The molecule has 1 N–H and O–H groups in total. The molecular weight excluding hydrogens is 338 g/mol. The smallest absolute Gasteiger partial charge is 0.237 e. The normalized spacial score (nSPS) is 17.4. The van der Waals surface area contributed by atoms with Crippen LogP contribution in [0.15, 0.2) is 54.6 Å². The van der Waals surface area contributed by atoms with Crippen molar-refractivity contribution in [3.63, 3.8) is 0 Å². The Balaban J connectivity index is 1.70. The van der Waals surface area contributed by atoms with Crippen molar-refractivity contribution in [1.82, 2.24) is 15.1 Å². The summed E-state index contributed by atoms with van der Waals surface area (Å²) >= 11 is 0. The average Bonchev–Trinajstić information content (AvgIpc) is 2.71. The molecule has 0 radical (unpaired) electrons. The lowest BCUT2D eigenvalue weighted by molar-refractivity contribution is -0.138. The van der Waals surface area contributed by atoms with Crippen LogP contribution in [0, 0.1) is 0 Å². The van der Waals surface area contributed by atoms with Crippen LogP contribution < -0.4 is 5.32 Å². The number of amides is 2. The first-order valence-corrected chi connectivity index (χ1v) is 9.48. The van der Waals surface area contributed by atoms with Crippen LogP contribution in [0.1, 0.15) is 18.9 Å². The van der Waals surface area contributed by atoms with Crippen molar-refractivity contribution in [1.29, 1.82) is 0 Å². The molecule has 142 valence electrons. The van der Waals surface area contributed by atoms with Gasteiger partial charge in [0.25, 0.3) is 0 Å². The third-order valence-electron chi connectivity index (χ3n) is 5.16. The molecule has 1 aliphatic rings. The Morgan fingerprint density at radius 1 is 1.11 bits per heavy atom. The van der Waals surface area contributed by atoms with Crippen LogP contribution in [-0.4, -0.2) is 54.3 Å². The molecule has 27 heavy (non-hydrogen) atoms. The van der Waals surface area contributed by atoms with Crippen molar-refractivity contribution in [2.75, 3.05) is 26.7 Å². The standard InChI is InChI=1S/C22H27N3O2/c1-3-24(2)21(26)15-20-22(27)23-13-14-25(20)16-17-9-11-19(12-10-17)18-7-5-4-6-8-18/h4-12,20H,3,13-16H2,1-2H3,(H,23,27)/t20-/m0/s1. The molecule has 2 amide bonds. The van der Waals surface area contributed by atoms with E-state index in [1.807, 2.05) is 25.1 Å². The highest BCUT2D eigenvalue weighted by Gasteiger charge is 2.32. The third kappa shape index (κ3) is 4.74. The highest BCUT2D eigenvalue weighted by atomic mass is 16.2. The first-order valence-electron chi connectivity index (χ1n) is 9.48. The fourth-order valence-corrected chi connectivity index (χ4v) is 3.34. The van der Waals surface area contributed by atoms with Gasteiger partial charge >= 0.3 is 0 Å². The predicted octanol–water partition coefficient (Wildman–Crippen LogP) is 2.52. The molecule has 0 aromatic heterocycles. The van der Waals surface area contributed by atoms with Crippen molar-refractivity contribution in [3.8, 4) is 11.1 Å². The largest absolute Gasteiger partial charge is 0.353 e. The highest BCUT2D eigenvalue weighted by Crippen LogP contribution is 2.21. The summed E-state index contributed by atoms with van der Waals surface area (Å²) in [4.78, 5) is 28.4. The highest BCUT2D eigenvalue weighted by molar-refractivity contribution is 5.88. The zero-order valence-corrected chi connectivity index (χ0v) is 16.0. The number of piperazine rings is 1.